The van der Waals surface area contributed by atoms with Crippen LogP contribution in [0.4, 0.5) is 5.69 Å². The summed E-state index contributed by atoms with van der Waals surface area (Å²) in [4.78, 5) is 22.6. The van der Waals surface area contributed by atoms with E-state index in [9.17, 15) is 9.59 Å². The first kappa shape index (κ1) is 15.8. The Bertz CT molecular complexity index is 660. The van der Waals surface area contributed by atoms with Crippen molar-refractivity contribution in [3.8, 4) is 0 Å². The molecular formula is C16H19N3O3. The van der Waals surface area contributed by atoms with Crippen molar-refractivity contribution >= 4 is 17.6 Å². The van der Waals surface area contributed by atoms with Gasteiger partial charge < -0.3 is 10.4 Å². The molecule has 0 saturated carbocycles. The number of carboxylic acid groups (broad SMARTS) is 1. The van der Waals surface area contributed by atoms with Gasteiger partial charge in [0.2, 0.25) is 5.91 Å². The van der Waals surface area contributed by atoms with Crippen molar-refractivity contribution in [3.05, 3.63) is 47.8 Å². The fraction of sp³-hybridized carbons (Fsp3) is 0.312. The van der Waals surface area contributed by atoms with Gasteiger partial charge in [-0.3, -0.25) is 9.48 Å². The van der Waals surface area contributed by atoms with Crippen LogP contribution in [0, 0.1) is 0 Å². The van der Waals surface area contributed by atoms with Crippen LogP contribution >= 0.6 is 0 Å². The van der Waals surface area contributed by atoms with E-state index >= 15 is 0 Å². The van der Waals surface area contributed by atoms with Gasteiger partial charge >= 0.3 is 5.97 Å². The Labute approximate surface area is 128 Å². The molecule has 0 aliphatic heterocycles. The zero-order valence-corrected chi connectivity index (χ0v) is 12.6. The number of hydrogen-bond acceptors (Lipinski definition) is 3. The lowest BCUT2D eigenvalue weighted by Crippen LogP contribution is -2.14. The molecule has 6 nitrogen and oxygen atoms in total. The monoisotopic (exact) mass is 301 g/mol. The van der Waals surface area contributed by atoms with E-state index in [1.54, 1.807) is 0 Å². The van der Waals surface area contributed by atoms with Gasteiger partial charge in [-0.2, -0.15) is 5.10 Å². The summed E-state index contributed by atoms with van der Waals surface area (Å²) in [6.45, 7) is 4.56. The second-order valence-electron chi connectivity index (χ2n) is 5.37. The Morgan fingerprint density at radius 3 is 2.50 bits per heavy atom. The van der Waals surface area contributed by atoms with E-state index in [0.29, 0.717) is 12.5 Å². The van der Waals surface area contributed by atoms with Crippen LogP contribution in [0.5, 0.6) is 0 Å². The molecule has 0 unspecified atom stereocenters. The number of hydrogen-bond donors (Lipinski definition) is 2. The minimum Gasteiger partial charge on any atom is -0.478 e. The van der Waals surface area contributed by atoms with Gasteiger partial charge in [-0.15, -0.1) is 0 Å². The van der Waals surface area contributed by atoms with Gasteiger partial charge in [0.15, 0.2) is 0 Å². The number of nitrogens with zero attached hydrogens (tertiary/aromatic N) is 2. The highest BCUT2D eigenvalue weighted by atomic mass is 16.4. The summed E-state index contributed by atoms with van der Waals surface area (Å²) in [5.41, 5.74) is 2.08. The van der Waals surface area contributed by atoms with Gasteiger partial charge in [0.25, 0.3) is 0 Å². The van der Waals surface area contributed by atoms with E-state index in [2.05, 4.69) is 24.3 Å². The maximum absolute atomic E-state index is 11.9. The van der Waals surface area contributed by atoms with Crippen molar-refractivity contribution in [1.29, 1.82) is 0 Å². The summed E-state index contributed by atoms with van der Waals surface area (Å²) < 4.78 is 1.45. The molecule has 0 aliphatic carbocycles. The average molecular weight is 301 g/mol. The molecule has 0 saturated heterocycles. The lowest BCUT2D eigenvalue weighted by molar-refractivity contribution is -0.116. The summed E-state index contributed by atoms with van der Waals surface area (Å²) in [6, 6.07) is 7.74. The SMILES string of the molecule is CC(C)c1ccc(NC(=O)CCn2cc(C(=O)O)cn2)cc1. The topological polar surface area (TPSA) is 84.2 Å². The third kappa shape index (κ3) is 4.18. The van der Waals surface area contributed by atoms with Crippen LogP contribution in [0.1, 0.15) is 42.1 Å². The fourth-order valence-electron chi connectivity index (χ4n) is 1.99. The molecule has 0 spiro atoms. The number of aromatic carboxylic acids is 1. The first-order valence-electron chi connectivity index (χ1n) is 7.11. The summed E-state index contributed by atoms with van der Waals surface area (Å²) in [6.07, 6.45) is 2.91. The Morgan fingerprint density at radius 1 is 1.27 bits per heavy atom. The molecule has 1 aromatic carbocycles. The number of rotatable bonds is 6. The van der Waals surface area contributed by atoms with Gasteiger partial charge in [-0.25, -0.2) is 4.79 Å². The number of carboxylic acids is 1. The van der Waals surface area contributed by atoms with E-state index in [1.165, 1.54) is 22.6 Å². The molecule has 1 aromatic heterocycles. The molecule has 0 radical (unpaired) electrons. The summed E-state index contributed by atoms with van der Waals surface area (Å²) in [5, 5.41) is 15.5. The van der Waals surface area contributed by atoms with Crippen LogP contribution in [0.15, 0.2) is 36.7 Å². The van der Waals surface area contributed by atoms with Crippen molar-refractivity contribution < 1.29 is 14.7 Å². The molecule has 2 rings (SSSR count). The smallest absolute Gasteiger partial charge is 0.338 e. The molecule has 0 bridgehead atoms. The van der Waals surface area contributed by atoms with E-state index in [4.69, 9.17) is 5.11 Å². The van der Waals surface area contributed by atoms with E-state index in [1.807, 2.05) is 24.3 Å². The molecule has 1 amide bonds. The Kier molecular flexibility index (Phi) is 4.93. The molecular weight excluding hydrogens is 282 g/mol. The van der Waals surface area contributed by atoms with Crippen molar-refractivity contribution in [2.75, 3.05) is 5.32 Å². The Morgan fingerprint density at radius 2 is 1.95 bits per heavy atom. The predicted molar refractivity (Wildman–Crippen MR) is 83.0 cm³/mol. The maximum atomic E-state index is 11.9. The first-order valence-corrected chi connectivity index (χ1v) is 7.11. The van der Waals surface area contributed by atoms with Crippen molar-refractivity contribution in [2.24, 2.45) is 0 Å². The number of aryl methyl sites for hydroxylation is 1. The fourth-order valence-corrected chi connectivity index (χ4v) is 1.99. The molecule has 0 fully saturated rings. The van der Waals surface area contributed by atoms with Crippen LogP contribution in [-0.4, -0.2) is 26.8 Å². The van der Waals surface area contributed by atoms with Crippen molar-refractivity contribution in [1.82, 2.24) is 9.78 Å². The Balaban J connectivity index is 1.85. The largest absolute Gasteiger partial charge is 0.478 e. The standard InChI is InChI=1S/C16H19N3O3/c1-11(2)12-3-5-14(6-4-12)18-15(20)7-8-19-10-13(9-17-19)16(21)22/h3-6,9-11H,7-8H2,1-2H3,(H,18,20)(H,21,22). The van der Waals surface area contributed by atoms with Crippen LogP contribution in [0.3, 0.4) is 0 Å². The number of amides is 1. The number of carbonyl (C=O) groups is 2. The summed E-state index contributed by atoms with van der Waals surface area (Å²) in [5.74, 6) is -0.710. The van der Waals surface area contributed by atoms with Gasteiger partial charge in [0, 0.05) is 24.8 Å². The van der Waals surface area contributed by atoms with E-state index in [0.717, 1.165) is 5.69 Å². The highest BCUT2D eigenvalue weighted by Gasteiger charge is 2.08. The zero-order valence-electron chi connectivity index (χ0n) is 12.6. The van der Waals surface area contributed by atoms with Crippen LogP contribution in [-0.2, 0) is 11.3 Å². The summed E-state index contributed by atoms with van der Waals surface area (Å²) >= 11 is 0. The molecule has 1 heterocycles. The van der Waals surface area contributed by atoms with Gasteiger partial charge in [-0.1, -0.05) is 26.0 Å². The highest BCUT2D eigenvalue weighted by molar-refractivity contribution is 5.90. The second kappa shape index (κ2) is 6.89. The van der Waals surface area contributed by atoms with E-state index < -0.39 is 5.97 Å². The highest BCUT2D eigenvalue weighted by Crippen LogP contribution is 2.17. The molecule has 0 aliphatic rings. The zero-order chi connectivity index (χ0) is 16.1. The third-order valence-corrected chi connectivity index (χ3v) is 3.31. The van der Waals surface area contributed by atoms with Crippen LogP contribution in [0.25, 0.3) is 0 Å². The second-order valence-corrected chi connectivity index (χ2v) is 5.37. The van der Waals surface area contributed by atoms with Crippen LogP contribution in [0.2, 0.25) is 0 Å². The number of benzene rings is 1. The Hall–Kier alpha value is -2.63. The summed E-state index contributed by atoms with van der Waals surface area (Å²) in [7, 11) is 0. The molecule has 2 N–H and O–H groups in total. The first-order chi connectivity index (χ1) is 10.5. The molecule has 22 heavy (non-hydrogen) atoms. The number of nitrogens with one attached hydrogen (secondary N) is 1. The van der Waals surface area contributed by atoms with E-state index in [-0.39, 0.29) is 17.9 Å². The normalized spacial score (nSPS) is 10.7. The van der Waals surface area contributed by atoms with Crippen molar-refractivity contribution in [2.45, 2.75) is 32.7 Å². The number of aromatic nitrogens is 2. The number of anilines is 1. The van der Waals surface area contributed by atoms with Gasteiger partial charge in [0.05, 0.1) is 11.8 Å². The molecule has 0 atom stereocenters. The van der Waals surface area contributed by atoms with Crippen LogP contribution < -0.4 is 5.32 Å². The minimum absolute atomic E-state index is 0.115. The lowest BCUT2D eigenvalue weighted by atomic mass is 10.0. The molecule has 6 heteroatoms. The predicted octanol–water partition coefficient (Wildman–Crippen LogP) is 2.73. The van der Waals surface area contributed by atoms with Crippen molar-refractivity contribution in [3.63, 3.8) is 0 Å². The minimum atomic E-state index is -1.03. The quantitative estimate of drug-likeness (QED) is 0.859. The average Bonchev–Trinajstić information content (AvgIpc) is 2.95. The molecule has 116 valence electrons. The number of carbonyl (C=O) groups excluding carboxylic acids is 1. The van der Waals surface area contributed by atoms with Gasteiger partial charge in [0.1, 0.15) is 0 Å². The third-order valence-electron chi connectivity index (χ3n) is 3.31. The maximum Gasteiger partial charge on any atom is 0.338 e. The van der Waals surface area contributed by atoms with Gasteiger partial charge in [-0.05, 0) is 23.6 Å². The molecule has 2 aromatic rings. The lowest BCUT2D eigenvalue weighted by Gasteiger charge is -2.08.